The van der Waals surface area contributed by atoms with Crippen LogP contribution in [0.15, 0.2) is 59.6 Å². The third-order valence-corrected chi connectivity index (χ3v) is 4.23. The molecule has 0 bridgehead atoms. The minimum Gasteiger partial charge on any atom is -0.267 e. The Morgan fingerprint density at radius 3 is 2.00 bits per heavy atom. The fourth-order valence-corrected chi connectivity index (χ4v) is 2.94. The minimum absolute atomic E-state index is 0.331. The average Bonchev–Trinajstić information content (AvgIpc) is 2.84. The second-order valence-electron chi connectivity index (χ2n) is 4.93. The maximum atomic E-state index is 12.5. The Balaban J connectivity index is 1.94. The van der Waals surface area contributed by atoms with E-state index in [0.29, 0.717) is 16.3 Å². The molecule has 116 valence electrons. The van der Waals surface area contributed by atoms with Gasteiger partial charge in [0, 0.05) is 7.05 Å². The number of benzene rings is 2. The van der Waals surface area contributed by atoms with Crippen molar-refractivity contribution in [3.63, 3.8) is 0 Å². The molecule has 0 saturated carbocycles. The van der Waals surface area contributed by atoms with Crippen molar-refractivity contribution in [2.45, 2.75) is 0 Å². The van der Waals surface area contributed by atoms with Gasteiger partial charge in [-0.3, -0.25) is 14.6 Å². The summed E-state index contributed by atoms with van der Waals surface area (Å²) in [5.41, 5.74) is 1.61. The van der Waals surface area contributed by atoms with Crippen LogP contribution in [-0.2, 0) is 0 Å². The molecular formula is C17H15N3O2S. The van der Waals surface area contributed by atoms with Gasteiger partial charge in [0.2, 0.25) is 0 Å². The highest BCUT2D eigenvalue weighted by molar-refractivity contribution is 8.13. The van der Waals surface area contributed by atoms with Crippen LogP contribution < -0.4 is 0 Å². The highest BCUT2D eigenvalue weighted by atomic mass is 32.2. The topological polar surface area (TPSA) is 53.0 Å². The smallest absolute Gasteiger partial charge is 0.267 e. The van der Waals surface area contributed by atoms with E-state index < -0.39 is 0 Å². The second kappa shape index (κ2) is 6.26. The number of amides is 2. The van der Waals surface area contributed by atoms with Gasteiger partial charge in [0.1, 0.15) is 0 Å². The molecular weight excluding hydrogens is 310 g/mol. The number of amidine groups is 1. The highest BCUT2D eigenvalue weighted by Crippen LogP contribution is 2.25. The van der Waals surface area contributed by atoms with Crippen LogP contribution in [-0.4, -0.2) is 40.3 Å². The van der Waals surface area contributed by atoms with Crippen molar-refractivity contribution in [1.82, 2.24) is 10.0 Å². The van der Waals surface area contributed by atoms with Crippen LogP contribution in [0.5, 0.6) is 0 Å². The summed E-state index contributed by atoms with van der Waals surface area (Å²) in [6.45, 7) is 0. The van der Waals surface area contributed by atoms with Gasteiger partial charge in [0.05, 0.1) is 16.8 Å². The van der Waals surface area contributed by atoms with Crippen LogP contribution >= 0.6 is 11.8 Å². The second-order valence-corrected chi connectivity index (χ2v) is 5.70. The van der Waals surface area contributed by atoms with Crippen molar-refractivity contribution in [3.05, 3.63) is 65.7 Å². The number of para-hydroxylation sites is 1. The van der Waals surface area contributed by atoms with E-state index in [1.807, 2.05) is 36.6 Å². The first kappa shape index (κ1) is 15.3. The molecule has 5 nitrogen and oxygen atoms in total. The molecule has 6 heteroatoms. The Labute approximate surface area is 138 Å². The first-order valence-electron chi connectivity index (χ1n) is 7.02. The van der Waals surface area contributed by atoms with Crippen molar-refractivity contribution in [1.29, 1.82) is 0 Å². The number of imide groups is 1. The van der Waals surface area contributed by atoms with E-state index in [4.69, 9.17) is 0 Å². The SMILES string of the molecule is CSC(=Nc1ccccc1)N(C)N1C(=O)c2ccccc2C1=O. The van der Waals surface area contributed by atoms with Gasteiger partial charge < -0.3 is 0 Å². The number of carbonyl (C=O) groups excluding carboxylic acids is 2. The van der Waals surface area contributed by atoms with Gasteiger partial charge in [0.15, 0.2) is 5.17 Å². The molecule has 0 unspecified atom stereocenters. The number of hydrogen-bond acceptors (Lipinski definition) is 4. The van der Waals surface area contributed by atoms with Gasteiger partial charge in [-0.1, -0.05) is 42.1 Å². The van der Waals surface area contributed by atoms with Crippen LogP contribution in [0, 0.1) is 0 Å². The molecule has 1 aliphatic heterocycles. The summed E-state index contributed by atoms with van der Waals surface area (Å²) < 4.78 is 0. The van der Waals surface area contributed by atoms with Crippen molar-refractivity contribution in [3.8, 4) is 0 Å². The van der Waals surface area contributed by atoms with Crippen LogP contribution in [0.1, 0.15) is 20.7 Å². The normalized spacial score (nSPS) is 14.2. The third kappa shape index (κ3) is 2.73. The molecule has 0 aliphatic carbocycles. The largest absolute Gasteiger partial charge is 0.280 e. The Kier molecular flexibility index (Phi) is 4.16. The molecule has 0 radical (unpaired) electrons. The van der Waals surface area contributed by atoms with E-state index in [2.05, 4.69) is 4.99 Å². The zero-order chi connectivity index (χ0) is 16.4. The molecule has 0 saturated heterocycles. The molecule has 3 rings (SSSR count). The lowest BCUT2D eigenvalue weighted by Crippen LogP contribution is -2.46. The summed E-state index contributed by atoms with van der Waals surface area (Å²) in [4.78, 5) is 29.6. The average molecular weight is 325 g/mol. The number of hydrogen-bond donors (Lipinski definition) is 0. The predicted molar refractivity (Wildman–Crippen MR) is 91.8 cm³/mol. The van der Waals surface area contributed by atoms with Crippen LogP contribution in [0.25, 0.3) is 0 Å². The molecule has 2 aromatic carbocycles. The highest BCUT2D eigenvalue weighted by Gasteiger charge is 2.39. The van der Waals surface area contributed by atoms with E-state index >= 15 is 0 Å². The van der Waals surface area contributed by atoms with Gasteiger partial charge in [-0.15, -0.1) is 0 Å². The Hall–Kier alpha value is -2.60. The predicted octanol–water partition coefficient (Wildman–Crippen LogP) is 3.18. The summed E-state index contributed by atoms with van der Waals surface area (Å²) in [5.74, 6) is -0.661. The number of hydrazine groups is 1. The zero-order valence-corrected chi connectivity index (χ0v) is 13.6. The molecule has 0 fully saturated rings. The van der Waals surface area contributed by atoms with Crippen molar-refractivity contribution < 1.29 is 9.59 Å². The van der Waals surface area contributed by atoms with E-state index in [9.17, 15) is 9.59 Å². The summed E-state index contributed by atoms with van der Waals surface area (Å²) in [6.07, 6.45) is 1.86. The van der Waals surface area contributed by atoms with Gasteiger partial charge in [-0.05, 0) is 30.5 Å². The van der Waals surface area contributed by atoms with Crippen LogP contribution in [0.2, 0.25) is 0 Å². The maximum absolute atomic E-state index is 12.5. The quantitative estimate of drug-likeness (QED) is 0.483. The van der Waals surface area contributed by atoms with Gasteiger partial charge in [0.25, 0.3) is 11.8 Å². The Morgan fingerprint density at radius 2 is 1.48 bits per heavy atom. The molecule has 1 aliphatic rings. The Morgan fingerprint density at radius 1 is 0.957 bits per heavy atom. The molecule has 1 heterocycles. The van der Waals surface area contributed by atoms with E-state index in [-0.39, 0.29) is 11.8 Å². The van der Waals surface area contributed by atoms with E-state index in [1.54, 1.807) is 31.3 Å². The first-order valence-corrected chi connectivity index (χ1v) is 8.25. The number of thioether (sulfide) groups is 1. The van der Waals surface area contributed by atoms with Crippen LogP contribution in [0.3, 0.4) is 0 Å². The van der Waals surface area contributed by atoms with Gasteiger partial charge in [-0.25, -0.2) is 4.99 Å². The summed E-state index contributed by atoms with van der Waals surface area (Å²) in [7, 11) is 1.67. The number of nitrogens with zero attached hydrogens (tertiary/aromatic N) is 3. The molecule has 0 spiro atoms. The van der Waals surface area contributed by atoms with Crippen molar-refractivity contribution in [2.24, 2.45) is 4.99 Å². The fraction of sp³-hybridized carbons (Fsp3) is 0.118. The standard InChI is InChI=1S/C17H15N3O2S/c1-19(17(23-2)18-12-8-4-3-5-9-12)20-15(21)13-10-6-7-11-14(13)16(20)22/h3-11H,1-2H3. The monoisotopic (exact) mass is 325 g/mol. The van der Waals surface area contributed by atoms with Crippen LogP contribution in [0.4, 0.5) is 5.69 Å². The summed E-state index contributed by atoms with van der Waals surface area (Å²) in [6, 6.07) is 16.2. The van der Waals surface area contributed by atoms with Crippen molar-refractivity contribution >= 4 is 34.4 Å². The number of aliphatic imine (C=N–C) groups is 1. The minimum atomic E-state index is -0.331. The Bertz CT molecular complexity index is 754. The zero-order valence-electron chi connectivity index (χ0n) is 12.8. The molecule has 0 atom stereocenters. The lowest BCUT2D eigenvalue weighted by Gasteiger charge is -2.27. The fourth-order valence-electron chi connectivity index (χ4n) is 2.40. The lowest BCUT2D eigenvalue weighted by atomic mass is 10.1. The number of carbonyl (C=O) groups is 2. The molecule has 0 aromatic heterocycles. The lowest BCUT2D eigenvalue weighted by molar-refractivity contribution is 0.0369. The summed E-state index contributed by atoms with van der Waals surface area (Å²) in [5, 5.41) is 3.19. The number of rotatable bonds is 2. The maximum Gasteiger partial charge on any atom is 0.280 e. The van der Waals surface area contributed by atoms with Gasteiger partial charge >= 0.3 is 0 Å². The number of fused-ring (bicyclic) bond motifs is 1. The van der Waals surface area contributed by atoms with E-state index in [1.165, 1.54) is 16.8 Å². The molecule has 2 aromatic rings. The summed E-state index contributed by atoms with van der Waals surface area (Å²) >= 11 is 1.37. The molecule has 0 N–H and O–H groups in total. The third-order valence-electron chi connectivity index (χ3n) is 3.51. The van der Waals surface area contributed by atoms with Crippen molar-refractivity contribution in [2.75, 3.05) is 13.3 Å². The van der Waals surface area contributed by atoms with Gasteiger partial charge in [-0.2, -0.15) is 5.01 Å². The first-order chi connectivity index (χ1) is 11.1. The van der Waals surface area contributed by atoms with E-state index in [0.717, 1.165) is 10.7 Å². The molecule has 2 amide bonds. The molecule has 23 heavy (non-hydrogen) atoms.